The van der Waals surface area contributed by atoms with E-state index in [0.29, 0.717) is 23.1 Å². The van der Waals surface area contributed by atoms with Crippen LogP contribution >= 0.6 is 0 Å². The van der Waals surface area contributed by atoms with Crippen LogP contribution in [0.25, 0.3) is 39.2 Å². The minimum atomic E-state index is -0.218. The minimum Gasteiger partial charge on any atom is -0.354 e. The van der Waals surface area contributed by atoms with Gasteiger partial charge in [-0.1, -0.05) is 0 Å². The molecule has 10 nitrogen and oxygen atoms in total. The third kappa shape index (κ3) is 4.23. The van der Waals surface area contributed by atoms with E-state index in [1.165, 1.54) is 12.8 Å². The second-order valence-electron chi connectivity index (χ2n) is 12.4. The van der Waals surface area contributed by atoms with Gasteiger partial charge in [-0.05, 0) is 86.9 Å². The Morgan fingerprint density at radius 1 is 1.07 bits per heavy atom. The van der Waals surface area contributed by atoms with Gasteiger partial charge in [-0.15, -0.1) is 0 Å². The standard InChI is InChI=1S/C33H34N8O2/c1-18-26-11-8-23(33(43)40-16-22-7-12-27(40)29(22)34)17-41(26)38-30(18)28-13-20-5-9-24(37-31(20)39(28)15-19-3-4-19)21-6-10-25(36-14-21)32(42)35-2/h5-6,8-11,13-14,17,19,22,27,29H,3-4,7,12,15-16,34H2,1-2H3,(H,35,42)/t22?,27?,29-/m1/s1. The summed E-state index contributed by atoms with van der Waals surface area (Å²) < 4.78 is 4.15. The topological polar surface area (TPSA) is 123 Å². The van der Waals surface area contributed by atoms with Crippen molar-refractivity contribution in [2.45, 2.75) is 51.2 Å². The van der Waals surface area contributed by atoms with Crippen LogP contribution in [-0.2, 0) is 6.54 Å². The Kier molecular flexibility index (Phi) is 5.91. The highest BCUT2D eigenvalue weighted by molar-refractivity contribution is 5.95. The number of carbonyl (C=O) groups excluding carboxylic acids is 2. The van der Waals surface area contributed by atoms with Gasteiger partial charge in [-0.25, -0.2) is 9.50 Å². The largest absolute Gasteiger partial charge is 0.354 e. The van der Waals surface area contributed by atoms with Crippen LogP contribution in [0.3, 0.4) is 0 Å². The Hall–Kier alpha value is -4.57. The Labute approximate surface area is 248 Å². The summed E-state index contributed by atoms with van der Waals surface area (Å²) in [5, 5.41) is 8.69. The molecule has 2 unspecified atom stereocenters. The van der Waals surface area contributed by atoms with Crippen molar-refractivity contribution in [1.82, 2.24) is 34.4 Å². The first-order chi connectivity index (χ1) is 20.9. The summed E-state index contributed by atoms with van der Waals surface area (Å²) in [6.07, 6.45) is 8.08. The number of likely N-dealkylation sites (tertiary alicyclic amines) is 1. The summed E-state index contributed by atoms with van der Waals surface area (Å²) in [4.78, 5) is 36.8. The molecule has 43 heavy (non-hydrogen) atoms. The fourth-order valence-electron chi connectivity index (χ4n) is 7.03. The summed E-state index contributed by atoms with van der Waals surface area (Å²) in [5.41, 5.74) is 13.9. The van der Waals surface area contributed by atoms with Crippen molar-refractivity contribution >= 4 is 28.4 Å². The van der Waals surface area contributed by atoms with Crippen LogP contribution < -0.4 is 11.1 Å². The van der Waals surface area contributed by atoms with Crippen molar-refractivity contribution in [3.05, 3.63) is 71.7 Å². The van der Waals surface area contributed by atoms with Crippen molar-refractivity contribution in [2.75, 3.05) is 13.6 Å². The summed E-state index contributed by atoms with van der Waals surface area (Å²) in [5.74, 6) is 0.857. The monoisotopic (exact) mass is 574 g/mol. The maximum atomic E-state index is 13.5. The third-order valence-electron chi connectivity index (χ3n) is 9.68. The zero-order valence-electron chi connectivity index (χ0n) is 24.3. The maximum absolute atomic E-state index is 13.5. The molecule has 5 aromatic heterocycles. The number of carbonyl (C=O) groups is 2. The number of fused-ring (bicyclic) bond motifs is 4. The van der Waals surface area contributed by atoms with Crippen LogP contribution in [0.2, 0.25) is 0 Å². The van der Waals surface area contributed by atoms with E-state index in [4.69, 9.17) is 15.8 Å². The molecule has 5 aromatic rings. The number of nitrogens with zero attached hydrogens (tertiary/aromatic N) is 6. The summed E-state index contributed by atoms with van der Waals surface area (Å²) in [6, 6.07) is 14.0. The van der Waals surface area contributed by atoms with Crippen LogP contribution in [0.5, 0.6) is 0 Å². The van der Waals surface area contributed by atoms with E-state index in [0.717, 1.165) is 70.7 Å². The zero-order chi connectivity index (χ0) is 29.4. The van der Waals surface area contributed by atoms with E-state index in [9.17, 15) is 9.59 Å². The van der Waals surface area contributed by atoms with Gasteiger partial charge in [0.1, 0.15) is 17.0 Å². The highest BCUT2D eigenvalue weighted by Crippen LogP contribution is 2.39. The molecular weight excluding hydrogens is 540 g/mol. The molecule has 0 aromatic carbocycles. The van der Waals surface area contributed by atoms with Crippen molar-refractivity contribution in [2.24, 2.45) is 17.6 Å². The lowest BCUT2D eigenvalue weighted by Crippen LogP contribution is -2.41. The van der Waals surface area contributed by atoms with Crippen molar-refractivity contribution in [3.8, 4) is 22.6 Å². The number of rotatable bonds is 6. The molecule has 2 saturated carbocycles. The molecule has 3 fully saturated rings. The number of nitrogens with two attached hydrogens (primary N) is 1. The average Bonchev–Trinajstić information content (AvgIpc) is 3.45. The fraction of sp³-hybridized carbons (Fsp3) is 0.364. The number of aromatic nitrogens is 5. The first-order valence-electron chi connectivity index (χ1n) is 15.1. The zero-order valence-corrected chi connectivity index (χ0v) is 24.3. The third-order valence-corrected chi connectivity index (χ3v) is 9.68. The second-order valence-corrected chi connectivity index (χ2v) is 12.4. The van der Waals surface area contributed by atoms with Crippen molar-refractivity contribution in [3.63, 3.8) is 0 Å². The number of hydrogen-bond donors (Lipinski definition) is 2. The quantitative estimate of drug-likeness (QED) is 0.315. The molecule has 8 rings (SSSR count). The lowest BCUT2D eigenvalue weighted by atomic mass is 10.1. The van der Waals surface area contributed by atoms with Gasteiger partial charge in [0.05, 0.1) is 22.5 Å². The highest BCUT2D eigenvalue weighted by atomic mass is 16.2. The van der Waals surface area contributed by atoms with Crippen LogP contribution in [0, 0.1) is 18.8 Å². The molecular formula is C33H34N8O2. The second kappa shape index (κ2) is 9.74. The number of pyridine rings is 3. The van der Waals surface area contributed by atoms with Gasteiger partial charge in [-0.3, -0.25) is 14.6 Å². The molecule has 0 radical (unpaired) electrons. The number of hydrogen-bond acceptors (Lipinski definition) is 6. The van der Waals surface area contributed by atoms with Crippen LogP contribution in [-0.4, -0.2) is 66.5 Å². The molecule has 218 valence electrons. The predicted octanol–water partition coefficient (Wildman–Crippen LogP) is 4.05. The molecule has 10 heteroatoms. The lowest BCUT2D eigenvalue weighted by molar-refractivity contribution is 0.0700. The van der Waals surface area contributed by atoms with Gasteiger partial charge in [-0.2, -0.15) is 5.10 Å². The molecule has 0 spiro atoms. The smallest absolute Gasteiger partial charge is 0.269 e. The Balaban J connectivity index is 1.17. The average molecular weight is 575 g/mol. The van der Waals surface area contributed by atoms with Crippen LogP contribution in [0.4, 0.5) is 0 Å². The molecule has 1 aliphatic heterocycles. The molecule has 2 aliphatic carbocycles. The van der Waals surface area contributed by atoms with Gasteiger partial charge < -0.3 is 20.5 Å². The number of aryl methyl sites for hydroxylation is 1. The van der Waals surface area contributed by atoms with Crippen molar-refractivity contribution < 1.29 is 9.59 Å². The Morgan fingerprint density at radius 3 is 2.63 bits per heavy atom. The van der Waals surface area contributed by atoms with Gasteiger partial charge in [0, 0.05) is 61.1 Å². The Morgan fingerprint density at radius 2 is 1.93 bits per heavy atom. The number of nitrogens with one attached hydrogen (secondary N) is 1. The fourth-order valence-corrected chi connectivity index (χ4v) is 7.03. The maximum Gasteiger partial charge on any atom is 0.269 e. The number of piperidine rings is 1. The molecule has 2 amide bonds. The first kappa shape index (κ1) is 26.1. The summed E-state index contributed by atoms with van der Waals surface area (Å²) in [6.45, 7) is 3.71. The molecule has 6 heterocycles. The SMILES string of the molecule is CNC(=O)c1ccc(-c2ccc3cc(-c4nn5cc(C(=O)N6CC7CCC6[C@@H]7N)ccc5c4C)n(CC4CC4)c3n2)cn1. The van der Waals surface area contributed by atoms with E-state index in [2.05, 4.69) is 33.9 Å². The van der Waals surface area contributed by atoms with E-state index < -0.39 is 0 Å². The van der Waals surface area contributed by atoms with E-state index in [-0.39, 0.29) is 23.9 Å². The summed E-state index contributed by atoms with van der Waals surface area (Å²) in [7, 11) is 1.59. The van der Waals surface area contributed by atoms with Crippen molar-refractivity contribution in [1.29, 1.82) is 0 Å². The highest BCUT2D eigenvalue weighted by Gasteiger charge is 2.46. The Bertz CT molecular complexity index is 1920. The first-order valence-corrected chi connectivity index (χ1v) is 15.1. The van der Waals surface area contributed by atoms with Gasteiger partial charge in [0.25, 0.3) is 11.8 Å². The van der Waals surface area contributed by atoms with Crippen LogP contribution in [0.15, 0.2) is 54.9 Å². The van der Waals surface area contributed by atoms with E-state index in [1.807, 2.05) is 39.9 Å². The minimum absolute atomic E-state index is 0.0386. The molecule has 3 atom stereocenters. The van der Waals surface area contributed by atoms with Gasteiger partial charge in [0.2, 0.25) is 0 Å². The molecule has 2 bridgehead atoms. The normalized spacial score (nSPS) is 21.3. The molecule has 3 aliphatic rings. The lowest BCUT2D eigenvalue weighted by Gasteiger charge is -2.27. The van der Waals surface area contributed by atoms with Crippen LogP contribution in [0.1, 0.15) is 52.1 Å². The molecule has 3 N–H and O–H groups in total. The summed E-state index contributed by atoms with van der Waals surface area (Å²) >= 11 is 0. The van der Waals surface area contributed by atoms with E-state index in [1.54, 1.807) is 19.3 Å². The predicted molar refractivity (Wildman–Crippen MR) is 164 cm³/mol. The van der Waals surface area contributed by atoms with Gasteiger partial charge >= 0.3 is 0 Å². The number of amides is 2. The van der Waals surface area contributed by atoms with E-state index >= 15 is 0 Å². The molecule has 1 saturated heterocycles. The van der Waals surface area contributed by atoms with Gasteiger partial charge in [0.15, 0.2) is 0 Å².